The van der Waals surface area contributed by atoms with Gasteiger partial charge in [-0.25, -0.2) is 4.39 Å². The molecule has 0 bridgehead atoms. The first-order valence-corrected chi connectivity index (χ1v) is 6.77. The third-order valence-corrected chi connectivity index (χ3v) is 3.28. The second-order valence-corrected chi connectivity index (χ2v) is 4.72. The highest BCUT2D eigenvalue weighted by Gasteiger charge is 2.17. The molecule has 0 aliphatic carbocycles. The fraction of sp³-hybridized carbons (Fsp3) is 0.235. The molecule has 0 radical (unpaired) electrons. The van der Waals surface area contributed by atoms with Crippen molar-refractivity contribution >= 4 is 5.91 Å². The average molecular weight is 271 g/mol. The lowest BCUT2D eigenvalue weighted by Crippen LogP contribution is -2.28. The maximum absolute atomic E-state index is 13.1. The van der Waals surface area contributed by atoms with Crippen molar-refractivity contribution in [2.75, 3.05) is 0 Å². The zero-order valence-corrected chi connectivity index (χ0v) is 11.5. The average Bonchev–Trinajstić information content (AvgIpc) is 2.47. The van der Waals surface area contributed by atoms with E-state index in [0.29, 0.717) is 6.54 Å². The summed E-state index contributed by atoms with van der Waals surface area (Å²) < 4.78 is 13.1. The summed E-state index contributed by atoms with van der Waals surface area (Å²) in [5.74, 6) is -0.473. The maximum Gasteiger partial charge on any atom is 0.227 e. The van der Waals surface area contributed by atoms with Crippen LogP contribution < -0.4 is 5.32 Å². The molecule has 2 nitrogen and oxygen atoms in total. The molecular formula is C17H18FNO. The van der Waals surface area contributed by atoms with Crippen molar-refractivity contribution in [2.45, 2.75) is 25.8 Å². The lowest BCUT2D eigenvalue weighted by atomic mass is 9.95. The van der Waals surface area contributed by atoms with Gasteiger partial charge in [0.05, 0.1) is 5.92 Å². The number of hydrogen-bond acceptors (Lipinski definition) is 1. The minimum atomic E-state index is -0.285. The Balaban J connectivity index is 2.00. The fourth-order valence-electron chi connectivity index (χ4n) is 2.22. The number of amides is 1. The van der Waals surface area contributed by atoms with Gasteiger partial charge in [-0.2, -0.15) is 0 Å². The van der Waals surface area contributed by atoms with Crippen LogP contribution in [0, 0.1) is 5.82 Å². The quantitative estimate of drug-likeness (QED) is 0.884. The Kier molecular flexibility index (Phi) is 4.88. The number of carbonyl (C=O) groups is 1. The topological polar surface area (TPSA) is 29.1 Å². The van der Waals surface area contributed by atoms with E-state index in [-0.39, 0.29) is 17.6 Å². The normalized spacial score (nSPS) is 11.9. The van der Waals surface area contributed by atoms with Crippen LogP contribution >= 0.6 is 0 Å². The summed E-state index contributed by atoms with van der Waals surface area (Å²) in [4.78, 5) is 12.2. The molecule has 104 valence electrons. The van der Waals surface area contributed by atoms with Crippen molar-refractivity contribution in [1.29, 1.82) is 0 Å². The summed E-state index contributed by atoms with van der Waals surface area (Å²) in [5, 5.41) is 2.87. The Bertz CT molecular complexity index is 568. The van der Waals surface area contributed by atoms with Gasteiger partial charge in [0.1, 0.15) is 5.82 Å². The van der Waals surface area contributed by atoms with Gasteiger partial charge in [-0.15, -0.1) is 0 Å². The van der Waals surface area contributed by atoms with E-state index in [1.807, 2.05) is 37.3 Å². The summed E-state index contributed by atoms with van der Waals surface area (Å²) in [6.45, 7) is 2.33. The molecular weight excluding hydrogens is 253 g/mol. The monoisotopic (exact) mass is 271 g/mol. The molecule has 0 saturated carbocycles. The summed E-state index contributed by atoms with van der Waals surface area (Å²) in [6.07, 6.45) is 0.735. The minimum Gasteiger partial charge on any atom is -0.351 e. The molecule has 0 aliphatic heterocycles. The smallest absolute Gasteiger partial charge is 0.227 e. The van der Waals surface area contributed by atoms with Crippen LogP contribution in [0.1, 0.15) is 30.4 Å². The van der Waals surface area contributed by atoms with E-state index >= 15 is 0 Å². The third kappa shape index (κ3) is 3.67. The molecule has 1 unspecified atom stereocenters. The highest BCUT2D eigenvalue weighted by molar-refractivity contribution is 5.83. The first kappa shape index (κ1) is 14.3. The number of nitrogens with one attached hydrogen (secondary N) is 1. The van der Waals surface area contributed by atoms with Crippen LogP contribution in [0.25, 0.3) is 0 Å². The Hall–Kier alpha value is -2.16. The molecule has 1 N–H and O–H groups in total. The van der Waals surface area contributed by atoms with Crippen LogP contribution in [0.15, 0.2) is 54.6 Å². The van der Waals surface area contributed by atoms with Crippen molar-refractivity contribution in [3.63, 3.8) is 0 Å². The largest absolute Gasteiger partial charge is 0.351 e. The maximum atomic E-state index is 13.1. The van der Waals surface area contributed by atoms with Gasteiger partial charge in [0.15, 0.2) is 0 Å². The molecule has 3 heteroatoms. The zero-order chi connectivity index (χ0) is 14.4. The van der Waals surface area contributed by atoms with E-state index in [4.69, 9.17) is 0 Å². The second kappa shape index (κ2) is 6.85. The van der Waals surface area contributed by atoms with Crippen LogP contribution in [0.3, 0.4) is 0 Å². The molecule has 2 rings (SSSR count). The Morgan fingerprint density at radius 3 is 2.55 bits per heavy atom. The van der Waals surface area contributed by atoms with Gasteiger partial charge in [0, 0.05) is 6.54 Å². The molecule has 0 aromatic heterocycles. The van der Waals surface area contributed by atoms with E-state index in [0.717, 1.165) is 17.5 Å². The number of hydrogen-bond donors (Lipinski definition) is 1. The van der Waals surface area contributed by atoms with Crippen molar-refractivity contribution in [2.24, 2.45) is 0 Å². The SMILES string of the molecule is CCC(C(=O)NCc1cccc(F)c1)c1ccccc1. The van der Waals surface area contributed by atoms with Crippen molar-refractivity contribution in [1.82, 2.24) is 5.32 Å². The van der Waals surface area contributed by atoms with E-state index in [2.05, 4.69) is 5.32 Å². The van der Waals surface area contributed by atoms with Crippen LogP contribution in [0.2, 0.25) is 0 Å². The Morgan fingerprint density at radius 2 is 1.90 bits per heavy atom. The lowest BCUT2D eigenvalue weighted by Gasteiger charge is -2.15. The molecule has 1 amide bonds. The van der Waals surface area contributed by atoms with Gasteiger partial charge in [-0.3, -0.25) is 4.79 Å². The lowest BCUT2D eigenvalue weighted by molar-refractivity contribution is -0.122. The molecule has 20 heavy (non-hydrogen) atoms. The summed E-state index contributed by atoms with van der Waals surface area (Å²) >= 11 is 0. The van der Waals surface area contributed by atoms with Gasteiger partial charge in [-0.05, 0) is 29.7 Å². The minimum absolute atomic E-state index is 0.0250. The van der Waals surface area contributed by atoms with E-state index in [1.165, 1.54) is 12.1 Å². The predicted octanol–water partition coefficient (Wildman–Crippen LogP) is 3.64. The first-order valence-electron chi connectivity index (χ1n) is 6.77. The van der Waals surface area contributed by atoms with Gasteiger partial charge in [-0.1, -0.05) is 49.4 Å². The summed E-state index contributed by atoms with van der Waals surface area (Å²) in [5.41, 5.74) is 1.77. The molecule has 2 aromatic carbocycles. The molecule has 1 atom stereocenters. The molecule has 0 fully saturated rings. The molecule has 0 aliphatic rings. The van der Waals surface area contributed by atoms with E-state index in [1.54, 1.807) is 12.1 Å². The van der Waals surface area contributed by atoms with Crippen LogP contribution in [0.5, 0.6) is 0 Å². The molecule has 0 heterocycles. The van der Waals surface area contributed by atoms with Crippen molar-refractivity contribution in [3.05, 3.63) is 71.5 Å². The first-order chi connectivity index (χ1) is 9.70. The van der Waals surface area contributed by atoms with Gasteiger partial charge in [0.25, 0.3) is 0 Å². The Labute approximate surface area is 118 Å². The fourth-order valence-corrected chi connectivity index (χ4v) is 2.22. The zero-order valence-electron chi connectivity index (χ0n) is 11.5. The van der Waals surface area contributed by atoms with E-state index < -0.39 is 0 Å². The number of carbonyl (C=O) groups excluding carboxylic acids is 1. The van der Waals surface area contributed by atoms with Crippen LogP contribution in [0.4, 0.5) is 4.39 Å². The van der Waals surface area contributed by atoms with Crippen LogP contribution in [-0.4, -0.2) is 5.91 Å². The van der Waals surface area contributed by atoms with Gasteiger partial charge in [0.2, 0.25) is 5.91 Å². The summed E-state index contributed by atoms with van der Waals surface area (Å²) in [6, 6.07) is 16.0. The highest BCUT2D eigenvalue weighted by Crippen LogP contribution is 2.19. The van der Waals surface area contributed by atoms with Gasteiger partial charge < -0.3 is 5.32 Å². The van der Waals surface area contributed by atoms with Crippen LogP contribution in [-0.2, 0) is 11.3 Å². The van der Waals surface area contributed by atoms with Gasteiger partial charge >= 0.3 is 0 Å². The molecule has 0 saturated heterocycles. The Morgan fingerprint density at radius 1 is 1.15 bits per heavy atom. The summed E-state index contributed by atoms with van der Waals surface area (Å²) in [7, 11) is 0. The number of halogens is 1. The number of rotatable bonds is 5. The number of benzene rings is 2. The highest BCUT2D eigenvalue weighted by atomic mass is 19.1. The van der Waals surface area contributed by atoms with E-state index in [9.17, 15) is 9.18 Å². The third-order valence-electron chi connectivity index (χ3n) is 3.28. The second-order valence-electron chi connectivity index (χ2n) is 4.72. The predicted molar refractivity (Wildman–Crippen MR) is 77.7 cm³/mol. The van der Waals surface area contributed by atoms with Crippen molar-refractivity contribution in [3.8, 4) is 0 Å². The molecule has 2 aromatic rings. The molecule has 0 spiro atoms. The standard InChI is InChI=1S/C17H18FNO/c1-2-16(14-8-4-3-5-9-14)17(20)19-12-13-7-6-10-15(18)11-13/h3-11,16H,2,12H2,1H3,(H,19,20). The van der Waals surface area contributed by atoms with Crippen molar-refractivity contribution < 1.29 is 9.18 Å².